The van der Waals surface area contributed by atoms with E-state index < -0.39 is 0 Å². The first kappa shape index (κ1) is 10.3. The first-order valence-corrected chi connectivity index (χ1v) is 4.84. The molecule has 1 atom stereocenters. The Morgan fingerprint density at radius 3 is 2.81 bits per heavy atom. The maximum atomic E-state index is 11.8. The molecule has 0 fully saturated rings. The predicted octanol–water partition coefficient (Wildman–Crippen LogP) is 0.327. The van der Waals surface area contributed by atoms with Crippen LogP contribution in [0.4, 0.5) is 0 Å². The minimum Gasteiger partial charge on any atom is -0.342 e. The third-order valence-electron chi connectivity index (χ3n) is 2.27. The van der Waals surface area contributed by atoms with Crippen LogP contribution in [-0.2, 0) is 0 Å². The molecule has 2 aromatic rings. The van der Waals surface area contributed by atoms with Crippen LogP contribution in [0.5, 0.6) is 0 Å². The number of carbonyl (C=O) groups excluding carboxylic acids is 1. The van der Waals surface area contributed by atoms with Crippen LogP contribution in [0, 0.1) is 6.92 Å². The first-order valence-electron chi connectivity index (χ1n) is 4.84. The molecular weight excluding hydrogens is 208 g/mol. The number of hydrogen-bond acceptors (Lipinski definition) is 4. The van der Waals surface area contributed by atoms with Crippen LogP contribution in [0.15, 0.2) is 12.5 Å². The normalized spacial score (nSPS) is 12.4. The van der Waals surface area contributed by atoms with E-state index in [1.54, 1.807) is 6.92 Å². The average Bonchev–Trinajstić information content (AvgIpc) is 2.86. The van der Waals surface area contributed by atoms with Crippen LogP contribution in [-0.4, -0.2) is 31.3 Å². The van der Waals surface area contributed by atoms with Crippen LogP contribution >= 0.6 is 0 Å². The van der Waals surface area contributed by atoms with Gasteiger partial charge in [0.1, 0.15) is 12.2 Å². The van der Waals surface area contributed by atoms with E-state index in [-0.39, 0.29) is 11.9 Å². The van der Waals surface area contributed by atoms with E-state index in [0.717, 1.165) is 5.69 Å². The largest absolute Gasteiger partial charge is 0.342 e. The van der Waals surface area contributed by atoms with E-state index in [4.69, 9.17) is 0 Å². The Kier molecular flexibility index (Phi) is 2.67. The van der Waals surface area contributed by atoms with Gasteiger partial charge in [0.2, 0.25) is 0 Å². The van der Waals surface area contributed by atoms with Gasteiger partial charge in [-0.2, -0.15) is 10.2 Å². The fourth-order valence-electron chi connectivity index (χ4n) is 1.35. The van der Waals surface area contributed by atoms with Gasteiger partial charge in [-0.25, -0.2) is 4.98 Å². The number of H-pyrrole nitrogens is 2. The van der Waals surface area contributed by atoms with Gasteiger partial charge >= 0.3 is 0 Å². The molecule has 0 bridgehead atoms. The molecule has 3 N–H and O–H groups in total. The summed E-state index contributed by atoms with van der Waals surface area (Å²) in [4.78, 5) is 15.8. The van der Waals surface area contributed by atoms with E-state index in [1.807, 2.05) is 6.92 Å². The summed E-state index contributed by atoms with van der Waals surface area (Å²) in [6.07, 6.45) is 2.90. The van der Waals surface area contributed by atoms with Gasteiger partial charge < -0.3 is 5.32 Å². The maximum absolute atomic E-state index is 11.8. The standard InChI is InChI=1S/C9H12N6O/c1-5-7(3-11-14-5)9(16)13-6(2)8-10-4-12-15-8/h3-4,6H,1-2H3,(H,11,14)(H,13,16)(H,10,12,15). The number of rotatable bonds is 3. The van der Waals surface area contributed by atoms with Crippen LogP contribution in [0.1, 0.15) is 34.8 Å². The molecule has 84 valence electrons. The van der Waals surface area contributed by atoms with Gasteiger partial charge in [-0.15, -0.1) is 0 Å². The summed E-state index contributed by atoms with van der Waals surface area (Å²) in [6.45, 7) is 3.62. The fraction of sp³-hybridized carbons (Fsp3) is 0.333. The molecule has 7 nitrogen and oxygen atoms in total. The zero-order valence-electron chi connectivity index (χ0n) is 8.98. The number of aromatic amines is 2. The highest BCUT2D eigenvalue weighted by Gasteiger charge is 2.15. The number of amides is 1. The Hall–Kier alpha value is -2.18. The summed E-state index contributed by atoms with van der Waals surface area (Å²) >= 11 is 0. The fourth-order valence-corrected chi connectivity index (χ4v) is 1.35. The molecule has 2 rings (SSSR count). The van der Waals surface area contributed by atoms with Gasteiger partial charge in [-0.3, -0.25) is 15.0 Å². The van der Waals surface area contributed by atoms with Crippen LogP contribution in [0.25, 0.3) is 0 Å². The van der Waals surface area contributed by atoms with E-state index in [9.17, 15) is 4.79 Å². The van der Waals surface area contributed by atoms with Crippen molar-refractivity contribution in [1.82, 2.24) is 30.7 Å². The van der Waals surface area contributed by atoms with Gasteiger partial charge in [0, 0.05) is 5.69 Å². The number of nitrogens with one attached hydrogen (secondary N) is 3. The maximum Gasteiger partial charge on any atom is 0.255 e. The highest BCUT2D eigenvalue weighted by molar-refractivity contribution is 5.95. The minimum absolute atomic E-state index is 0.185. The Bertz CT molecular complexity index is 474. The van der Waals surface area contributed by atoms with Crippen molar-refractivity contribution in [2.24, 2.45) is 0 Å². The number of aryl methyl sites for hydroxylation is 1. The number of aromatic nitrogens is 5. The number of carbonyl (C=O) groups is 1. The van der Waals surface area contributed by atoms with E-state index >= 15 is 0 Å². The van der Waals surface area contributed by atoms with Crippen LogP contribution in [0.3, 0.4) is 0 Å². The molecule has 2 heterocycles. The minimum atomic E-state index is -0.218. The number of nitrogens with zero attached hydrogens (tertiary/aromatic N) is 3. The van der Waals surface area contributed by atoms with Crippen molar-refractivity contribution in [2.75, 3.05) is 0 Å². The molecule has 1 unspecified atom stereocenters. The molecule has 0 spiro atoms. The monoisotopic (exact) mass is 220 g/mol. The Morgan fingerprint density at radius 1 is 1.44 bits per heavy atom. The third kappa shape index (κ3) is 1.92. The molecule has 0 aliphatic rings. The van der Waals surface area contributed by atoms with Crippen LogP contribution in [0.2, 0.25) is 0 Å². The Labute approximate surface area is 91.7 Å². The Morgan fingerprint density at radius 2 is 2.25 bits per heavy atom. The SMILES string of the molecule is Cc1[nH]ncc1C(=O)NC(C)c1ncn[nH]1. The van der Waals surface area contributed by atoms with Crippen molar-refractivity contribution in [2.45, 2.75) is 19.9 Å². The highest BCUT2D eigenvalue weighted by Crippen LogP contribution is 2.08. The molecule has 0 saturated heterocycles. The summed E-state index contributed by atoms with van der Waals surface area (Å²) in [6, 6.07) is -0.218. The van der Waals surface area contributed by atoms with Gasteiger partial charge in [-0.05, 0) is 13.8 Å². The quantitative estimate of drug-likeness (QED) is 0.693. The summed E-state index contributed by atoms with van der Waals surface area (Å²) in [7, 11) is 0. The lowest BCUT2D eigenvalue weighted by molar-refractivity contribution is 0.0938. The second-order valence-corrected chi connectivity index (χ2v) is 3.47. The van der Waals surface area contributed by atoms with Crippen molar-refractivity contribution in [3.8, 4) is 0 Å². The van der Waals surface area contributed by atoms with E-state index in [2.05, 4.69) is 30.7 Å². The molecule has 1 amide bonds. The summed E-state index contributed by atoms with van der Waals surface area (Å²) < 4.78 is 0. The van der Waals surface area contributed by atoms with Crippen molar-refractivity contribution >= 4 is 5.91 Å². The second-order valence-electron chi connectivity index (χ2n) is 3.47. The Balaban J connectivity index is 2.06. The predicted molar refractivity (Wildman–Crippen MR) is 55.6 cm³/mol. The molecule has 0 saturated carbocycles. The zero-order chi connectivity index (χ0) is 11.5. The first-order chi connectivity index (χ1) is 7.68. The van der Waals surface area contributed by atoms with Crippen molar-refractivity contribution in [3.63, 3.8) is 0 Å². The second kappa shape index (κ2) is 4.13. The molecule has 7 heteroatoms. The lowest BCUT2D eigenvalue weighted by atomic mass is 10.2. The molecule has 0 aromatic carbocycles. The summed E-state index contributed by atoms with van der Waals surface area (Å²) in [5, 5.41) is 15.7. The number of hydrogen-bond donors (Lipinski definition) is 3. The smallest absolute Gasteiger partial charge is 0.255 e. The molecule has 0 aliphatic heterocycles. The zero-order valence-corrected chi connectivity index (χ0v) is 8.98. The van der Waals surface area contributed by atoms with Gasteiger partial charge in [0.15, 0.2) is 0 Å². The van der Waals surface area contributed by atoms with Gasteiger partial charge in [0.05, 0.1) is 17.8 Å². The lowest BCUT2D eigenvalue weighted by Crippen LogP contribution is -2.27. The highest BCUT2D eigenvalue weighted by atomic mass is 16.1. The van der Waals surface area contributed by atoms with Crippen molar-refractivity contribution in [1.29, 1.82) is 0 Å². The third-order valence-corrected chi connectivity index (χ3v) is 2.27. The molecule has 2 aromatic heterocycles. The van der Waals surface area contributed by atoms with Gasteiger partial charge in [0.25, 0.3) is 5.91 Å². The van der Waals surface area contributed by atoms with E-state index in [1.165, 1.54) is 12.5 Å². The molecule has 0 aliphatic carbocycles. The van der Waals surface area contributed by atoms with Crippen molar-refractivity contribution < 1.29 is 4.79 Å². The average molecular weight is 220 g/mol. The van der Waals surface area contributed by atoms with Crippen LogP contribution < -0.4 is 5.32 Å². The molecule has 16 heavy (non-hydrogen) atoms. The molecular formula is C9H12N6O. The van der Waals surface area contributed by atoms with Gasteiger partial charge in [-0.1, -0.05) is 0 Å². The lowest BCUT2D eigenvalue weighted by Gasteiger charge is -2.10. The topological polar surface area (TPSA) is 99.3 Å². The molecule has 0 radical (unpaired) electrons. The summed E-state index contributed by atoms with van der Waals surface area (Å²) in [5.74, 6) is 0.435. The van der Waals surface area contributed by atoms with E-state index in [0.29, 0.717) is 11.4 Å². The van der Waals surface area contributed by atoms with Crippen molar-refractivity contribution in [3.05, 3.63) is 29.6 Å². The summed E-state index contributed by atoms with van der Waals surface area (Å²) in [5.41, 5.74) is 1.27.